The Morgan fingerprint density at radius 2 is 1.78 bits per heavy atom. The first-order chi connectivity index (χ1) is 13.2. The van der Waals surface area contributed by atoms with Crippen LogP contribution < -0.4 is 14.5 Å². The van der Waals surface area contributed by atoms with Crippen LogP contribution >= 0.6 is 0 Å². The fourth-order valence-electron chi connectivity index (χ4n) is 3.41. The molecule has 2 heterocycles. The lowest BCUT2D eigenvalue weighted by atomic mass is 10.1. The van der Waals surface area contributed by atoms with Gasteiger partial charge in [-0.15, -0.1) is 0 Å². The molecule has 0 fully saturated rings. The first kappa shape index (κ1) is 17.2. The topological polar surface area (TPSA) is 37.3 Å². The molecule has 0 aliphatic carbocycles. The van der Waals surface area contributed by atoms with Gasteiger partial charge in [-0.2, -0.15) is 0 Å². The highest BCUT2D eigenvalue weighted by Crippen LogP contribution is 2.38. The summed E-state index contributed by atoms with van der Waals surface area (Å²) in [5.74, 6) is 2.36. The monoisotopic (exact) mass is 361 g/mol. The van der Waals surface area contributed by atoms with Gasteiger partial charge in [-0.1, -0.05) is 19.1 Å². The molecule has 0 saturated carbocycles. The summed E-state index contributed by atoms with van der Waals surface area (Å²) in [5.41, 5.74) is 4.57. The Hall–Kier alpha value is -3.21. The smallest absolute Gasteiger partial charge is 0.161 e. The van der Waals surface area contributed by atoms with E-state index in [9.17, 15) is 0 Å². The largest absolute Gasteiger partial charge is 0.493 e. The summed E-state index contributed by atoms with van der Waals surface area (Å²) in [4.78, 5) is 4.54. The van der Waals surface area contributed by atoms with E-state index in [1.165, 1.54) is 5.56 Å². The Balaban J connectivity index is 1.71. The van der Waals surface area contributed by atoms with Crippen molar-refractivity contribution >= 4 is 17.6 Å². The van der Waals surface area contributed by atoms with Crippen LogP contribution in [0.4, 0.5) is 5.69 Å². The third-order valence-electron chi connectivity index (χ3n) is 4.89. The highest BCUT2D eigenvalue weighted by atomic mass is 16.5. The molecular weight excluding hydrogens is 338 g/mol. The fraction of sp³-hybridized carbons (Fsp3) is 0.227. The number of hydrogen-bond donors (Lipinski definition) is 0. The molecule has 0 spiro atoms. The molecule has 2 aliphatic rings. The molecule has 2 aromatic carbocycles. The van der Waals surface area contributed by atoms with Gasteiger partial charge < -0.3 is 9.47 Å². The lowest BCUT2D eigenvalue weighted by Crippen LogP contribution is -2.37. The quantitative estimate of drug-likeness (QED) is 0.797. The second-order valence-corrected chi connectivity index (χ2v) is 6.38. The fourth-order valence-corrected chi connectivity index (χ4v) is 3.41. The van der Waals surface area contributed by atoms with E-state index in [0.29, 0.717) is 5.75 Å². The van der Waals surface area contributed by atoms with Crippen LogP contribution in [0.5, 0.6) is 11.5 Å². The SMILES string of the molecule is CCc1ccc(N2CC=C3N=CC=C(c4ccc(OC)c(OC)c4)N32)cc1. The number of fused-ring (bicyclic) bond motifs is 1. The van der Waals surface area contributed by atoms with Crippen molar-refractivity contribution in [2.45, 2.75) is 13.3 Å². The summed E-state index contributed by atoms with van der Waals surface area (Å²) in [7, 11) is 3.30. The minimum atomic E-state index is 0.710. The van der Waals surface area contributed by atoms with E-state index < -0.39 is 0 Å². The number of aryl methyl sites for hydroxylation is 1. The van der Waals surface area contributed by atoms with Crippen molar-refractivity contribution < 1.29 is 9.47 Å². The van der Waals surface area contributed by atoms with Gasteiger partial charge in [-0.25, -0.2) is 10.0 Å². The molecule has 0 bridgehead atoms. The van der Waals surface area contributed by atoms with Crippen molar-refractivity contribution in [2.24, 2.45) is 4.99 Å². The lowest BCUT2D eigenvalue weighted by Gasteiger charge is -2.35. The summed E-state index contributed by atoms with van der Waals surface area (Å²) in [6.07, 6.45) is 7.04. The van der Waals surface area contributed by atoms with Crippen LogP contribution in [0.3, 0.4) is 0 Å². The zero-order chi connectivity index (χ0) is 18.8. The van der Waals surface area contributed by atoms with Gasteiger partial charge in [0.05, 0.1) is 32.1 Å². The molecule has 138 valence electrons. The number of hydrogen-bond acceptors (Lipinski definition) is 5. The van der Waals surface area contributed by atoms with Gasteiger partial charge in [0.1, 0.15) is 5.82 Å². The maximum Gasteiger partial charge on any atom is 0.161 e. The molecule has 5 nitrogen and oxygen atoms in total. The van der Waals surface area contributed by atoms with E-state index in [2.05, 4.69) is 52.3 Å². The number of anilines is 1. The van der Waals surface area contributed by atoms with Crippen LogP contribution in [-0.2, 0) is 6.42 Å². The molecule has 2 aromatic rings. The average Bonchev–Trinajstić information content (AvgIpc) is 3.17. The maximum atomic E-state index is 5.48. The van der Waals surface area contributed by atoms with Gasteiger partial charge in [0.25, 0.3) is 0 Å². The highest BCUT2D eigenvalue weighted by molar-refractivity contribution is 5.88. The van der Waals surface area contributed by atoms with Crippen LogP contribution in [0.2, 0.25) is 0 Å². The van der Waals surface area contributed by atoms with Crippen LogP contribution in [0.25, 0.3) is 5.70 Å². The first-order valence-electron chi connectivity index (χ1n) is 9.08. The van der Waals surface area contributed by atoms with E-state index in [1.54, 1.807) is 14.2 Å². The highest BCUT2D eigenvalue weighted by Gasteiger charge is 2.30. The number of hydrazine groups is 1. The number of aliphatic imine (C=N–C) groups is 1. The molecule has 27 heavy (non-hydrogen) atoms. The predicted octanol–water partition coefficient (Wildman–Crippen LogP) is 4.27. The summed E-state index contributed by atoms with van der Waals surface area (Å²) in [6, 6.07) is 14.7. The Morgan fingerprint density at radius 3 is 2.48 bits per heavy atom. The Kier molecular flexibility index (Phi) is 4.59. The molecule has 0 atom stereocenters. The van der Waals surface area contributed by atoms with Gasteiger partial charge in [0, 0.05) is 11.8 Å². The molecule has 5 heteroatoms. The predicted molar refractivity (Wildman–Crippen MR) is 109 cm³/mol. The molecule has 0 radical (unpaired) electrons. The van der Waals surface area contributed by atoms with E-state index in [1.807, 2.05) is 30.5 Å². The van der Waals surface area contributed by atoms with Gasteiger partial charge in [0.2, 0.25) is 0 Å². The zero-order valence-corrected chi connectivity index (χ0v) is 15.8. The molecule has 2 aliphatic heterocycles. The van der Waals surface area contributed by atoms with Crippen molar-refractivity contribution in [3.63, 3.8) is 0 Å². The van der Waals surface area contributed by atoms with Crippen molar-refractivity contribution in [3.8, 4) is 11.5 Å². The second kappa shape index (κ2) is 7.19. The van der Waals surface area contributed by atoms with Crippen molar-refractivity contribution in [3.05, 3.63) is 71.6 Å². The zero-order valence-electron chi connectivity index (χ0n) is 15.8. The number of methoxy groups -OCH3 is 2. The molecule has 0 N–H and O–H groups in total. The summed E-state index contributed by atoms with van der Waals surface area (Å²) in [5, 5.41) is 4.38. The molecule has 0 unspecified atom stereocenters. The number of nitrogens with zero attached hydrogens (tertiary/aromatic N) is 3. The summed E-state index contributed by atoms with van der Waals surface area (Å²) >= 11 is 0. The standard InChI is InChI=1S/C22H23N3O2/c1-4-16-5-8-18(9-6-16)24-14-12-22-23-13-11-19(25(22)24)17-7-10-20(26-2)21(15-17)27-3/h5-13,15H,4,14H2,1-3H3. The maximum absolute atomic E-state index is 5.48. The first-order valence-corrected chi connectivity index (χ1v) is 9.08. The minimum Gasteiger partial charge on any atom is -0.493 e. The Bertz CT molecular complexity index is 929. The third-order valence-corrected chi connectivity index (χ3v) is 4.89. The van der Waals surface area contributed by atoms with E-state index in [4.69, 9.17) is 9.47 Å². The van der Waals surface area contributed by atoms with Crippen LogP contribution in [0.1, 0.15) is 18.1 Å². The molecule has 4 rings (SSSR count). The van der Waals surface area contributed by atoms with Crippen molar-refractivity contribution in [1.82, 2.24) is 5.01 Å². The third kappa shape index (κ3) is 3.05. The van der Waals surface area contributed by atoms with Gasteiger partial charge in [-0.3, -0.25) is 5.01 Å². The van der Waals surface area contributed by atoms with E-state index in [0.717, 1.165) is 41.5 Å². The Morgan fingerprint density at radius 1 is 1.00 bits per heavy atom. The molecule has 0 aromatic heterocycles. The van der Waals surface area contributed by atoms with E-state index in [-0.39, 0.29) is 0 Å². The number of benzene rings is 2. The summed E-state index contributed by atoms with van der Waals surface area (Å²) in [6.45, 7) is 2.95. The molecular formula is C22H23N3O2. The van der Waals surface area contributed by atoms with Gasteiger partial charge in [0.15, 0.2) is 11.5 Å². The second-order valence-electron chi connectivity index (χ2n) is 6.38. The van der Waals surface area contributed by atoms with Crippen molar-refractivity contribution in [1.29, 1.82) is 0 Å². The van der Waals surface area contributed by atoms with Crippen LogP contribution in [0.15, 0.2) is 65.4 Å². The van der Waals surface area contributed by atoms with Crippen molar-refractivity contribution in [2.75, 3.05) is 25.8 Å². The van der Waals surface area contributed by atoms with Crippen LogP contribution in [-0.4, -0.2) is 32.0 Å². The van der Waals surface area contributed by atoms with Gasteiger partial charge >= 0.3 is 0 Å². The van der Waals surface area contributed by atoms with Crippen LogP contribution in [0, 0.1) is 0 Å². The number of ether oxygens (including phenoxy) is 2. The normalized spacial score (nSPS) is 15.4. The summed E-state index contributed by atoms with van der Waals surface area (Å²) < 4.78 is 10.9. The number of rotatable bonds is 5. The molecule has 0 saturated heterocycles. The minimum absolute atomic E-state index is 0.710. The lowest BCUT2D eigenvalue weighted by molar-refractivity contribution is 0.354. The van der Waals surface area contributed by atoms with E-state index >= 15 is 0 Å². The van der Waals surface area contributed by atoms with Gasteiger partial charge in [-0.05, 0) is 54.5 Å². The number of allylic oxidation sites excluding steroid dienone is 1. The molecule has 0 amide bonds. The Labute approximate surface area is 159 Å². The average molecular weight is 361 g/mol.